The van der Waals surface area contributed by atoms with Gasteiger partial charge in [-0.05, 0) is 6.92 Å². The Kier molecular flexibility index (Phi) is 5.20. The van der Waals surface area contributed by atoms with E-state index in [9.17, 15) is 0 Å². The fourth-order valence-electron chi connectivity index (χ4n) is 1.01. The van der Waals surface area contributed by atoms with E-state index in [1.165, 1.54) is 4.69 Å². The summed E-state index contributed by atoms with van der Waals surface area (Å²) in [6.07, 6.45) is 4.12. The number of hydrogen-bond donors (Lipinski definition) is 0. The van der Waals surface area contributed by atoms with Crippen molar-refractivity contribution in [3.63, 3.8) is 0 Å². The molecule has 0 radical (unpaired) electrons. The van der Waals surface area contributed by atoms with Crippen molar-refractivity contribution in [2.75, 3.05) is 0 Å². The molecule has 0 N–H and O–H groups in total. The topological polar surface area (TPSA) is 9.86 Å². The van der Waals surface area contributed by atoms with Gasteiger partial charge in [-0.2, -0.15) is 0 Å². The Morgan fingerprint density at radius 2 is 2.18 bits per heavy atom. The first kappa shape index (κ1) is 11.3. The molecule has 0 saturated heterocycles. The lowest BCUT2D eigenvalue weighted by Crippen LogP contribution is -3.00. The van der Waals surface area contributed by atoms with Gasteiger partial charge in [0.15, 0.2) is 12.4 Å². The van der Waals surface area contributed by atoms with Crippen molar-refractivity contribution in [2.45, 2.75) is 13.5 Å². The molecule has 0 unspecified atom stereocenters. The van der Waals surface area contributed by atoms with Gasteiger partial charge >= 0.3 is 14.3 Å². The molecular formula is C6H11AlCl2N2. The zero-order valence-electron chi connectivity index (χ0n) is 6.72. The maximum absolute atomic E-state index is 5.85. The maximum Gasteiger partial charge on any atom is 0.556 e. The number of hydrogen-bond acceptors (Lipinski definition) is 0. The number of aromatic nitrogens is 2. The summed E-state index contributed by atoms with van der Waals surface area (Å²) in [5.41, 5.74) is 0. The summed E-state index contributed by atoms with van der Waals surface area (Å²) in [5, 5.41) is 0. The van der Waals surface area contributed by atoms with E-state index >= 15 is 0 Å². The average molecular weight is 209 g/mol. The van der Waals surface area contributed by atoms with Gasteiger partial charge in [0.2, 0.25) is 0 Å². The van der Waals surface area contributed by atoms with Crippen LogP contribution in [-0.4, -0.2) is 23.4 Å². The van der Waals surface area contributed by atoms with Gasteiger partial charge in [-0.3, -0.25) is 0 Å². The molecule has 0 aliphatic carbocycles. The molecule has 0 fully saturated rings. The standard InChI is InChI=1S/C6H10N2.Al.2ClH.H/c1-3-8-5-4-7(2)6-8;;;;/h4-5H,3H2,1-2H3;;2*1H;/q2*+1;;;/p-2. The molecule has 1 aromatic rings. The number of rotatable bonds is 2. The lowest BCUT2D eigenvalue weighted by Gasteiger charge is -1.95. The molecule has 5 heteroatoms. The molecule has 1 heterocycles. The lowest BCUT2D eigenvalue weighted by molar-refractivity contribution is -0.00000207. The van der Waals surface area contributed by atoms with E-state index in [2.05, 4.69) is 22.3 Å². The summed E-state index contributed by atoms with van der Waals surface area (Å²) < 4.78 is 5.59. The van der Waals surface area contributed by atoms with E-state index in [0.29, 0.717) is 0 Å². The smallest absolute Gasteiger partial charge is 0.556 e. The summed E-state index contributed by atoms with van der Waals surface area (Å²) in [5.74, 6) is 0. The quantitative estimate of drug-likeness (QED) is 0.372. The third kappa shape index (κ3) is 2.38. The first-order valence-electron chi connectivity index (χ1n) is 3.39. The number of nitrogens with zero attached hydrogens (tertiary/aromatic N) is 2. The van der Waals surface area contributed by atoms with Gasteiger partial charge in [-0.25, -0.2) is 19.2 Å². The van der Waals surface area contributed by atoms with Crippen LogP contribution in [0, 0.1) is 0 Å². The number of halogens is 2. The van der Waals surface area contributed by atoms with Crippen LogP contribution < -0.4 is 17.1 Å². The third-order valence-electron chi connectivity index (χ3n) is 1.67. The second kappa shape index (κ2) is 5.05. The van der Waals surface area contributed by atoms with Gasteiger partial charge in [-0.1, -0.05) is 0 Å². The van der Waals surface area contributed by atoms with Crippen molar-refractivity contribution in [1.82, 2.24) is 9.13 Å². The third-order valence-corrected chi connectivity index (χ3v) is 3.53. The van der Waals surface area contributed by atoms with Crippen LogP contribution in [0.2, 0.25) is 0 Å². The minimum absolute atomic E-state index is 0. The number of imidazole rings is 1. The first-order valence-corrected chi connectivity index (χ1v) is 6.23. The van der Waals surface area contributed by atoms with E-state index in [-0.39, 0.29) is 12.4 Å². The van der Waals surface area contributed by atoms with Gasteiger partial charge in [0.05, 0.1) is 0 Å². The molecule has 62 valence electrons. The van der Waals surface area contributed by atoms with Crippen LogP contribution in [-0.2, 0) is 13.6 Å². The van der Waals surface area contributed by atoms with E-state index < -0.39 is 14.3 Å². The maximum atomic E-state index is 5.85. The highest BCUT2D eigenvalue weighted by molar-refractivity contribution is 7.00. The minimum Gasteiger partial charge on any atom is -1.00 e. The molecule has 2 nitrogen and oxygen atoms in total. The van der Waals surface area contributed by atoms with Gasteiger partial charge in [-0.15, -0.1) is 0 Å². The molecule has 0 bridgehead atoms. The minimum atomic E-state index is -0.537. The van der Waals surface area contributed by atoms with E-state index in [0.717, 1.165) is 6.54 Å². The highest BCUT2D eigenvalue weighted by Crippen LogP contribution is 1.87. The zero-order valence-corrected chi connectivity index (χ0v) is 9.65. The summed E-state index contributed by atoms with van der Waals surface area (Å²) in [6.45, 7) is 3.15. The summed E-state index contributed by atoms with van der Waals surface area (Å²) in [6, 6.07) is 0. The molecule has 0 amide bonds. The van der Waals surface area contributed by atoms with Crippen LogP contribution in [0.4, 0.5) is 0 Å². The molecule has 0 aliphatic heterocycles. The summed E-state index contributed by atoms with van der Waals surface area (Å²) in [4.78, 5) is 0. The number of aryl methyl sites for hydroxylation is 2. The van der Waals surface area contributed by atoms with Crippen molar-refractivity contribution >= 4 is 29.0 Å². The second-order valence-corrected chi connectivity index (χ2v) is 3.95. The highest BCUT2D eigenvalue weighted by atomic mass is 35.6. The second-order valence-electron chi connectivity index (χ2n) is 2.24. The monoisotopic (exact) mass is 208 g/mol. The van der Waals surface area contributed by atoms with Crippen molar-refractivity contribution in [2.24, 2.45) is 7.05 Å². The molecule has 0 aromatic carbocycles. The zero-order chi connectivity index (χ0) is 7.56. The summed E-state index contributed by atoms with van der Waals surface area (Å²) >= 11 is -0.537. The van der Waals surface area contributed by atoms with Crippen LogP contribution in [0.3, 0.4) is 0 Å². The van der Waals surface area contributed by atoms with Crippen LogP contribution in [0.5, 0.6) is 0 Å². The Bertz CT molecular complexity index is 224. The van der Waals surface area contributed by atoms with E-state index in [1.807, 2.05) is 13.2 Å². The van der Waals surface area contributed by atoms with Crippen LogP contribution in [0.25, 0.3) is 0 Å². The fourth-order valence-corrected chi connectivity index (χ4v) is 2.82. The van der Waals surface area contributed by atoms with Crippen molar-refractivity contribution in [1.29, 1.82) is 0 Å². The Morgan fingerprint density at radius 3 is 2.55 bits per heavy atom. The Morgan fingerprint density at radius 1 is 1.55 bits per heavy atom. The van der Waals surface area contributed by atoms with Crippen molar-refractivity contribution < 1.29 is 12.4 Å². The normalized spacial score (nSPS) is 9.00. The fraction of sp³-hybridized carbons (Fsp3) is 0.500. The van der Waals surface area contributed by atoms with Gasteiger partial charge in [0, 0.05) is 13.6 Å². The van der Waals surface area contributed by atoms with Crippen LogP contribution >= 0.6 is 10.0 Å². The SMILES string of the molecule is CCn1ccn(C)[c+]1[AlH][Cl].[Cl-]. The molecule has 0 saturated carbocycles. The molecule has 0 aliphatic rings. The average Bonchev–Trinajstić information content (AvgIpc) is 2.30. The van der Waals surface area contributed by atoms with Gasteiger partial charge < -0.3 is 12.4 Å². The highest BCUT2D eigenvalue weighted by Gasteiger charge is 2.11. The van der Waals surface area contributed by atoms with Crippen LogP contribution in [0.15, 0.2) is 12.4 Å². The predicted octanol–water partition coefficient (Wildman–Crippen LogP) is -2.65. The summed E-state index contributed by atoms with van der Waals surface area (Å²) in [7, 11) is 7.89. The molecule has 0 atom stereocenters. The largest absolute Gasteiger partial charge is 1.00 e. The first-order chi connectivity index (χ1) is 4.79. The van der Waals surface area contributed by atoms with E-state index in [4.69, 9.17) is 10.0 Å². The van der Waals surface area contributed by atoms with Crippen molar-refractivity contribution in [3.05, 3.63) is 12.4 Å². The molecule has 11 heavy (non-hydrogen) atoms. The Labute approximate surface area is 83.5 Å². The predicted molar refractivity (Wildman–Crippen MR) is 46.1 cm³/mol. The van der Waals surface area contributed by atoms with E-state index in [1.54, 1.807) is 0 Å². The van der Waals surface area contributed by atoms with Crippen LogP contribution in [0.1, 0.15) is 6.92 Å². The molecule has 1 aromatic heterocycles. The lowest BCUT2D eigenvalue weighted by atomic mass is 10.7. The van der Waals surface area contributed by atoms with Gasteiger partial charge in [0.1, 0.15) is 4.69 Å². The Hall–Kier alpha value is 0.322. The molecule has 0 spiro atoms. The van der Waals surface area contributed by atoms with Gasteiger partial charge in [0.25, 0.3) is 0 Å². The Balaban J connectivity index is 0.000001000. The molecule has 1 rings (SSSR count). The molecular weight excluding hydrogens is 198 g/mol. The van der Waals surface area contributed by atoms with Crippen molar-refractivity contribution in [3.8, 4) is 0 Å².